The second-order valence-electron chi connectivity index (χ2n) is 2.30. The summed E-state index contributed by atoms with van der Waals surface area (Å²) in [5, 5.41) is 45.8. The Balaban J connectivity index is -0.0000000120. The number of hydrogen-bond donors (Lipinski definition) is 6. The predicted molar refractivity (Wildman–Crippen MR) is 90.7 cm³/mol. The first-order valence-corrected chi connectivity index (χ1v) is 6.63. The average Bonchev–Trinajstić information content (AvgIpc) is 2.35. The number of aliphatic hydroxyl groups excluding tert-OH is 6. The first kappa shape index (κ1) is 49.6. The molecule has 0 aromatic carbocycles. The number of hydrogen-bond acceptors (Lipinski definition) is 7. The normalized spacial score (nSPS) is 6.00. The van der Waals surface area contributed by atoms with Crippen LogP contribution < -0.4 is 0 Å². The summed E-state index contributed by atoms with van der Waals surface area (Å²) in [6.07, 6.45) is 0. The van der Waals surface area contributed by atoms with Gasteiger partial charge in [0.15, 0.2) is 0 Å². The molecule has 6 N–H and O–H groups in total. The van der Waals surface area contributed by atoms with E-state index in [-0.39, 0.29) is 110 Å². The van der Waals surface area contributed by atoms with E-state index in [0.717, 1.165) is 0 Å². The van der Waals surface area contributed by atoms with Gasteiger partial charge in [-0.05, 0) is 34.6 Å². The van der Waals surface area contributed by atoms with Crippen LogP contribution in [0.15, 0.2) is 0 Å². The maximum Gasteiger partial charge on any atom is 2.00 e. The van der Waals surface area contributed by atoms with Crippen molar-refractivity contribution in [1.29, 1.82) is 0 Å². The second-order valence-corrected chi connectivity index (χ2v) is 2.30. The molecule has 0 aromatic heterocycles. The van der Waals surface area contributed by atoms with Gasteiger partial charge in [-0.15, -0.1) is 0 Å². The van der Waals surface area contributed by atoms with E-state index in [1.807, 2.05) is 0 Å². The Labute approximate surface area is 192 Å². The Bertz CT molecular complexity index is 74.7. The van der Waals surface area contributed by atoms with Crippen LogP contribution in [0.2, 0.25) is 0 Å². The third kappa shape index (κ3) is 620. The minimum absolute atomic E-state index is 0. The summed E-state index contributed by atoms with van der Waals surface area (Å²) in [7, 11) is 1.55. The van der Waals surface area contributed by atoms with Crippen molar-refractivity contribution < 1.29 is 60.6 Å². The van der Waals surface area contributed by atoms with Gasteiger partial charge in [0.1, 0.15) is 0 Å². The van der Waals surface area contributed by atoms with E-state index in [1.165, 1.54) is 0 Å². The van der Waals surface area contributed by atoms with E-state index < -0.39 is 0 Å². The van der Waals surface area contributed by atoms with Crippen LogP contribution in [-0.2, 0) is 27.1 Å². The van der Waals surface area contributed by atoms with E-state index in [2.05, 4.69) is 4.74 Å². The van der Waals surface area contributed by atoms with Crippen molar-refractivity contribution in [3.05, 3.63) is 0 Å². The molecular formula is C13H40O7SrTa. The zero-order chi connectivity index (χ0) is 17.7. The van der Waals surface area contributed by atoms with Crippen molar-refractivity contribution in [2.75, 3.05) is 53.4 Å². The first-order chi connectivity index (χ1) is 9.49. The summed E-state index contributed by atoms with van der Waals surface area (Å²) in [5.74, 6) is 0. The van der Waals surface area contributed by atoms with Gasteiger partial charge in [-0.25, -0.2) is 0 Å². The smallest absolute Gasteiger partial charge is 1.00 e. The summed E-state index contributed by atoms with van der Waals surface area (Å²) in [5.41, 5.74) is 0. The molecular weight excluding hydrogens is 537 g/mol. The van der Waals surface area contributed by atoms with Crippen molar-refractivity contribution in [2.24, 2.45) is 0 Å². The Kier molecular flexibility index (Phi) is 252. The Morgan fingerprint density at radius 1 is 0.636 bits per heavy atom. The van der Waals surface area contributed by atoms with Gasteiger partial charge in [-0.1, -0.05) is 0 Å². The molecule has 0 aliphatic rings. The molecule has 7 nitrogen and oxygen atoms in total. The van der Waals surface area contributed by atoms with Crippen molar-refractivity contribution in [3.63, 3.8) is 0 Å². The number of ether oxygens (including phenoxy) is 1. The molecule has 0 spiro atoms. The van der Waals surface area contributed by atoms with Crippen LogP contribution >= 0.6 is 0 Å². The molecule has 0 bridgehead atoms. The summed E-state index contributed by atoms with van der Waals surface area (Å²) in [6.45, 7) is 10.2. The molecule has 0 atom stereocenters. The van der Waals surface area contributed by atoms with Gasteiger partial charge >= 0.3 is 45.5 Å². The molecule has 0 aromatic rings. The largest absolute Gasteiger partial charge is 2.00 e. The molecule has 9 heteroatoms. The van der Waals surface area contributed by atoms with Crippen LogP contribution in [0.25, 0.3) is 0 Å². The van der Waals surface area contributed by atoms with Crippen molar-refractivity contribution in [1.82, 2.24) is 0 Å². The van der Waals surface area contributed by atoms with Gasteiger partial charge in [-0.3, -0.25) is 0 Å². The molecule has 22 heavy (non-hydrogen) atoms. The number of rotatable bonds is 2. The molecule has 0 unspecified atom stereocenters. The van der Waals surface area contributed by atoms with Gasteiger partial charge in [0.05, 0.1) is 13.2 Å². The standard InChI is InChI=1S/C3H8O2.5C2H6O.Sr.Ta.2H/c1-5-3-2-4;5*1-2-3;;;;/h4H,2-3H2,1H3;5*3H,2H2,1H3;;;;/q;;;;;;+2;;2*-1. The fourth-order valence-electron chi connectivity index (χ4n) is 0.0913. The molecule has 0 rings (SSSR count). The van der Waals surface area contributed by atoms with E-state index in [4.69, 9.17) is 30.6 Å². The fraction of sp³-hybridized carbons (Fsp3) is 1.00. The van der Waals surface area contributed by atoms with Gasteiger partial charge in [0.2, 0.25) is 0 Å². The van der Waals surface area contributed by atoms with E-state index >= 15 is 0 Å². The SMILES string of the molecule is CCO.CCO.CCO.CCO.CCO.COCCO.[H-].[H-].[Sr+2].[Ta]. The fourth-order valence-corrected chi connectivity index (χ4v) is 0.0913. The summed E-state index contributed by atoms with van der Waals surface area (Å²) < 4.78 is 4.44. The predicted octanol–water partition coefficient (Wildman–Crippen LogP) is -0.540. The maximum absolute atomic E-state index is 7.94. The van der Waals surface area contributed by atoms with Crippen LogP contribution in [0.5, 0.6) is 0 Å². The second kappa shape index (κ2) is 112. The van der Waals surface area contributed by atoms with Crippen LogP contribution in [-0.4, -0.2) is 129 Å². The topological polar surface area (TPSA) is 131 Å². The third-order valence-corrected chi connectivity index (χ3v) is 0.295. The molecule has 0 heterocycles. The van der Waals surface area contributed by atoms with Crippen molar-refractivity contribution >= 4 is 45.5 Å². The van der Waals surface area contributed by atoms with Gasteiger partial charge in [0, 0.05) is 62.5 Å². The van der Waals surface area contributed by atoms with Crippen LogP contribution in [0.3, 0.4) is 0 Å². The maximum atomic E-state index is 7.94. The van der Waals surface area contributed by atoms with Gasteiger partial charge < -0.3 is 38.2 Å². The quantitative estimate of drug-likeness (QED) is 0.244. The monoisotopic (exact) mass is 577 g/mol. The minimum atomic E-state index is 0. The molecule has 0 fully saturated rings. The van der Waals surface area contributed by atoms with E-state index in [9.17, 15) is 0 Å². The summed E-state index contributed by atoms with van der Waals surface area (Å²) >= 11 is 0. The van der Waals surface area contributed by atoms with Crippen LogP contribution in [0.4, 0.5) is 0 Å². The summed E-state index contributed by atoms with van der Waals surface area (Å²) in [6, 6.07) is 0. The van der Waals surface area contributed by atoms with Crippen molar-refractivity contribution in [3.8, 4) is 0 Å². The third-order valence-electron chi connectivity index (χ3n) is 0.295. The van der Waals surface area contributed by atoms with Crippen LogP contribution in [0.1, 0.15) is 37.5 Å². The summed E-state index contributed by atoms with van der Waals surface area (Å²) in [4.78, 5) is 0. The van der Waals surface area contributed by atoms with Gasteiger partial charge in [0.25, 0.3) is 0 Å². The Morgan fingerprint density at radius 3 is 0.773 bits per heavy atom. The zero-order valence-electron chi connectivity index (χ0n) is 17.2. The molecule has 141 valence electrons. The van der Waals surface area contributed by atoms with Crippen molar-refractivity contribution in [2.45, 2.75) is 34.6 Å². The molecule has 1 radical (unpaired) electrons. The average molecular weight is 577 g/mol. The minimum Gasteiger partial charge on any atom is -1.00 e. The molecule has 0 aliphatic carbocycles. The zero-order valence-corrected chi connectivity index (χ0v) is 21.9. The Morgan fingerprint density at radius 2 is 0.773 bits per heavy atom. The van der Waals surface area contributed by atoms with Gasteiger partial charge in [-0.2, -0.15) is 0 Å². The van der Waals surface area contributed by atoms with E-state index in [0.29, 0.717) is 6.61 Å². The molecule has 0 aliphatic heterocycles. The number of aliphatic hydroxyl groups is 6. The van der Waals surface area contributed by atoms with E-state index in [1.54, 1.807) is 41.7 Å². The first-order valence-electron chi connectivity index (χ1n) is 6.63. The number of methoxy groups -OCH3 is 1. The molecule has 0 saturated carbocycles. The molecule has 0 saturated heterocycles. The Hall–Kier alpha value is 1.94. The van der Waals surface area contributed by atoms with Crippen LogP contribution in [0, 0.1) is 0 Å². The molecule has 0 amide bonds.